The van der Waals surface area contributed by atoms with E-state index in [0.29, 0.717) is 36.0 Å². The molecule has 2 aromatic rings. The average Bonchev–Trinajstić information content (AvgIpc) is 3.14. The first-order valence-corrected chi connectivity index (χ1v) is 14.4. The van der Waals surface area contributed by atoms with E-state index >= 15 is 0 Å². The van der Waals surface area contributed by atoms with Crippen LogP contribution in [0.25, 0.3) is 6.08 Å². The highest BCUT2D eigenvalue weighted by Crippen LogP contribution is 2.41. The molecule has 1 N–H and O–H groups in total. The van der Waals surface area contributed by atoms with Crippen LogP contribution in [0.1, 0.15) is 44.7 Å². The summed E-state index contributed by atoms with van der Waals surface area (Å²) >= 11 is 6.67. The number of ether oxygens (including phenoxy) is 3. The van der Waals surface area contributed by atoms with Gasteiger partial charge in [0.15, 0.2) is 11.5 Å². The van der Waals surface area contributed by atoms with Crippen molar-refractivity contribution < 1.29 is 28.9 Å². The fraction of sp³-hybridized carbons (Fsp3) is 0.296. The highest BCUT2D eigenvalue weighted by molar-refractivity contribution is 14.1. The van der Waals surface area contributed by atoms with E-state index in [1.807, 2.05) is 50.2 Å². The second kappa shape index (κ2) is 14.0. The molecule has 3 rings (SSSR count). The highest BCUT2D eigenvalue weighted by Gasteiger charge is 2.33. The molecule has 0 aliphatic carbocycles. The van der Waals surface area contributed by atoms with Crippen LogP contribution in [0.15, 0.2) is 62.1 Å². The summed E-state index contributed by atoms with van der Waals surface area (Å²) in [5.74, 6) is -0.176. The number of aliphatic hydroxyl groups is 1. The van der Waals surface area contributed by atoms with E-state index in [-0.39, 0.29) is 35.3 Å². The van der Waals surface area contributed by atoms with Crippen molar-refractivity contribution >= 4 is 73.3 Å². The molecule has 0 aromatic heterocycles. The number of aliphatic hydroxyl groups excluding tert-OH is 1. The van der Waals surface area contributed by atoms with Gasteiger partial charge in [-0.3, -0.25) is 4.79 Å². The fourth-order valence-electron chi connectivity index (χ4n) is 3.34. The minimum Gasteiger partial charge on any atom is -0.506 e. The summed E-state index contributed by atoms with van der Waals surface area (Å²) in [7, 11) is 0. The molecule has 1 heterocycles. The molecule has 0 atom stereocenters. The number of hydrogen-bond acceptors (Lipinski definition) is 7. The van der Waals surface area contributed by atoms with Crippen molar-refractivity contribution in [2.45, 2.75) is 40.2 Å². The molecule has 0 radical (unpaired) electrons. The smallest absolute Gasteiger partial charge is 0.344 e. The molecule has 0 saturated heterocycles. The summed E-state index contributed by atoms with van der Waals surface area (Å²) in [4.78, 5) is 29.1. The predicted molar refractivity (Wildman–Crippen MR) is 158 cm³/mol. The van der Waals surface area contributed by atoms with Crippen LogP contribution in [0, 0.1) is 3.57 Å². The first kappa shape index (κ1) is 29.2. The Morgan fingerprint density at radius 3 is 2.49 bits per heavy atom. The van der Waals surface area contributed by atoms with Crippen LogP contribution in [0.2, 0.25) is 0 Å². The van der Waals surface area contributed by atoms with Crippen LogP contribution in [-0.4, -0.2) is 35.2 Å². The molecule has 196 valence electrons. The normalized spacial score (nSPS) is 15.4. The first-order valence-electron chi connectivity index (χ1n) is 11.7. The Labute approximate surface area is 242 Å². The molecule has 7 nitrogen and oxygen atoms in total. The molecule has 37 heavy (non-hydrogen) atoms. The molecule has 0 saturated carbocycles. The molecular weight excluding hydrogens is 673 g/mol. The Morgan fingerprint density at radius 2 is 1.84 bits per heavy atom. The van der Waals surface area contributed by atoms with E-state index in [2.05, 4.69) is 43.5 Å². The lowest BCUT2D eigenvalue weighted by Crippen LogP contribution is -2.14. The predicted octanol–water partition coefficient (Wildman–Crippen LogP) is 7.22. The van der Waals surface area contributed by atoms with E-state index in [9.17, 15) is 14.7 Å². The Bertz CT molecular complexity index is 1260. The second-order valence-electron chi connectivity index (χ2n) is 7.79. The van der Waals surface area contributed by atoms with Crippen LogP contribution in [0.3, 0.4) is 0 Å². The minimum absolute atomic E-state index is 0.100. The van der Waals surface area contributed by atoms with Crippen LogP contribution in [-0.2, 0) is 20.9 Å². The molecule has 2 aromatic carbocycles. The number of carbonyl (C=O) groups excluding carboxylic acids is 2. The van der Waals surface area contributed by atoms with Gasteiger partial charge in [0, 0.05) is 10.9 Å². The molecule has 1 aliphatic heterocycles. The van der Waals surface area contributed by atoms with Gasteiger partial charge < -0.3 is 19.3 Å². The number of halogens is 2. The van der Waals surface area contributed by atoms with Gasteiger partial charge >= 0.3 is 5.97 Å². The number of hydrogen-bond donors (Lipinski definition) is 1. The summed E-state index contributed by atoms with van der Waals surface area (Å²) in [6, 6.07) is 11.6. The van der Waals surface area contributed by atoms with E-state index < -0.39 is 5.97 Å². The quantitative estimate of drug-likeness (QED) is 0.207. The minimum atomic E-state index is -0.722. The summed E-state index contributed by atoms with van der Waals surface area (Å²) < 4.78 is 18.9. The number of aliphatic imine (C=N–C) groups is 1. The lowest BCUT2D eigenvalue weighted by atomic mass is 10.1. The molecule has 1 amide bonds. The Balaban J connectivity index is 1.95. The van der Waals surface area contributed by atoms with Crippen LogP contribution >= 0.6 is 50.3 Å². The van der Waals surface area contributed by atoms with Gasteiger partial charge in [0.1, 0.15) is 23.0 Å². The fourth-order valence-corrected chi connectivity index (χ4v) is 5.41. The van der Waals surface area contributed by atoms with Crippen molar-refractivity contribution in [3.63, 3.8) is 0 Å². The summed E-state index contributed by atoms with van der Waals surface area (Å²) in [5.41, 5.74) is 1.64. The van der Waals surface area contributed by atoms with Crippen LogP contribution in [0.4, 0.5) is 0 Å². The second-order valence-corrected chi connectivity index (χ2v) is 10.9. The number of benzene rings is 2. The van der Waals surface area contributed by atoms with E-state index in [1.165, 1.54) is 0 Å². The number of rotatable bonds is 10. The van der Waals surface area contributed by atoms with Gasteiger partial charge in [-0.05, 0) is 84.3 Å². The van der Waals surface area contributed by atoms with Gasteiger partial charge in [0.2, 0.25) is 5.91 Å². The maximum atomic E-state index is 12.5. The maximum Gasteiger partial charge on any atom is 0.344 e. The number of amides is 1. The third-order valence-electron chi connectivity index (χ3n) is 4.99. The van der Waals surface area contributed by atoms with Gasteiger partial charge in [-0.2, -0.15) is 0 Å². The van der Waals surface area contributed by atoms with Crippen LogP contribution < -0.4 is 9.47 Å². The largest absolute Gasteiger partial charge is 0.506 e. The van der Waals surface area contributed by atoms with Crippen molar-refractivity contribution in [3.05, 3.63) is 71.8 Å². The number of esters is 1. The van der Waals surface area contributed by atoms with Crippen molar-refractivity contribution in [2.75, 3.05) is 13.2 Å². The summed E-state index contributed by atoms with van der Waals surface area (Å²) in [6.07, 6.45) is 2.59. The lowest BCUT2D eigenvalue weighted by Gasteiger charge is -2.15. The maximum absolute atomic E-state index is 12.5. The number of carbonyl (C=O) groups is 2. The Kier molecular flexibility index (Phi) is 11.1. The SMILES string of the molecule is CCCC(=O)N=C1S/C(=C\c2cc(I)c(OCc3ccc(Br)cc3)c(OCC)c2)C(O)=C1C(=O)OCC. The Hall–Kier alpha value is -2.31. The van der Waals surface area contributed by atoms with E-state index in [1.54, 1.807) is 13.0 Å². The lowest BCUT2D eigenvalue weighted by molar-refractivity contribution is -0.138. The Morgan fingerprint density at radius 1 is 1.11 bits per heavy atom. The molecule has 0 unspecified atom stereocenters. The van der Waals surface area contributed by atoms with Crippen molar-refractivity contribution in [1.29, 1.82) is 0 Å². The van der Waals surface area contributed by atoms with Crippen molar-refractivity contribution in [3.8, 4) is 11.5 Å². The van der Waals surface area contributed by atoms with Gasteiger partial charge in [-0.25, -0.2) is 9.79 Å². The monoisotopic (exact) mass is 699 g/mol. The summed E-state index contributed by atoms with van der Waals surface area (Å²) in [5, 5.41) is 11.0. The third kappa shape index (κ3) is 7.84. The highest BCUT2D eigenvalue weighted by atomic mass is 127. The van der Waals surface area contributed by atoms with Crippen molar-refractivity contribution in [1.82, 2.24) is 0 Å². The van der Waals surface area contributed by atoms with Gasteiger partial charge in [-0.15, -0.1) is 0 Å². The summed E-state index contributed by atoms with van der Waals surface area (Å²) in [6.45, 7) is 6.37. The first-order chi connectivity index (χ1) is 17.8. The molecule has 0 bridgehead atoms. The zero-order valence-electron chi connectivity index (χ0n) is 20.7. The van der Waals surface area contributed by atoms with Crippen molar-refractivity contribution in [2.24, 2.45) is 4.99 Å². The molecule has 1 aliphatic rings. The third-order valence-corrected chi connectivity index (χ3v) is 7.34. The van der Waals surface area contributed by atoms with E-state index in [0.717, 1.165) is 30.9 Å². The zero-order valence-corrected chi connectivity index (χ0v) is 25.2. The van der Waals surface area contributed by atoms with Gasteiger partial charge in [0.05, 0.1) is 21.7 Å². The topological polar surface area (TPSA) is 94.4 Å². The van der Waals surface area contributed by atoms with Gasteiger partial charge in [-0.1, -0.05) is 46.7 Å². The molecule has 0 spiro atoms. The molecule has 10 heteroatoms. The molecule has 0 fully saturated rings. The standard InChI is InChI=1S/C27H27BrINO6S/c1-4-7-22(31)30-26-23(27(33)35-6-3)24(32)21(37-26)14-17-12-19(29)25(20(13-17)34-5-2)36-15-16-8-10-18(28)11-9-16/h8-14,32H,4-7,15H2,1-3H3/b21-14-,30-26?. The van der Waals surface area contributed by atoms with Crippen LogP contribution in [0.5, 0.6) is 11.5 Å². The van der Waals surface area contributed by atoms with Gasteiger partial charge in [0.25, 0.3) is 0 Å². The number of nitrogens with zero attached hydrogens (tertiary/aromatic N) is 1. The molecular formula is C27H27BrINO6S. The van der Waals surface area contributed by atoms with E-state index in [4.69, 9.17) is 14.2 Å². The zero-order chi connectivity index (χ0) is 26.9. The average molecular weight is 700 g/mol. The number of thioether (sulfide) groups is 1.